The van der Waals surface area contributed by atoms with Crippen molar-refractivity contribution < 1.29 is 4.74 Å². The van der Waals surface area contributed by atoms with Crippen LogP contribution in [0.2, 0.25) is 0 Å². The zero-order chi connectivity index (χ0) is 13.2. The second-order valence-electron chi connectivity index (χ2n) is 4.22. The highest BCUT2D eigenvalue weighted by Gasteiger charge is 2.03. The van der Waals surface area contributed by atoms with Gasteiger partial charge < -0.3 is 10.5 Å². The van der Waals surface area contributed by atoms with Gasteiger partial charge in [0.15, 0.2) is 0 Å². The van der Waals surface area contributed by atoms with Crippen molar-refractivity contribution in [3.63, 3.8) is 0 Å². The van der Waals surface area contributed by atoms with Crippen molar-refractivity contribution >= 4 is 16.5 Å². The monoisotopic (exact) mass is 252 g/mol. The number of fused-ring (bicyclic) bond motifs is 1. The predicted octanol–water partition coefficient (Wildman–Crippen LogP) is 2.90. The van der Waals surface area contributed by atoms with Crippen molar-refractivity contribution in [2.45, 2.75) is 0 Å². The van der Waals surface area contributed by atoms with Crippen LogP contribution in [-0.2, 0) is 0 Å². The molecular formula is C15H12N2O2. The Kier molecular flexibility index (Phi) is 2.68. The standard InChI is InChI=1S/C15H12N2O2/c16-11-5-7-12(8-6-11)19-14-9-10-3-1-2-4-13(10)15(18)17-14/h1-9H,16H2,(H,17,18). The van der Waals surface area contributed by atoms with Crippen LogP contribution in [0.4, 0.5) is 5.69 Å². The average molecular weight is 252 g/mol. The fourth-order valence-corrected chi connectivity index (χ4v) is 1.90. The lowest BCUT2D eigenvalue weighted by Gasteiger charge is -2.06. The summed E-state index contributed by atoms with van der Waals surface area (Å²) in [6.07, 6.45) is 0. The van der Waals surface area contributed by atoms with E-state index >= 15 is 0 Å². The molecule has 0 saturated carbocycles. The number of hydrogen-bond donors (Lipinski definition) is 2. The summed E-state index contributed by atoms with van der Waals surface area (Å²) < 4.78 is 5.61. The number of nitrogens with one attached hydrogen (secondary N) is 1. The molecule has 0 saturated heterocycles. The van der Waals surface area contributed by atoms with E-state index in [0.29, 0.717) is 22.7 Å². The molecule has 0 bridgehead atoms. The molecular weight excluding hydrogens is 240 g/mol. The fourth-order valence-electron chi connectivity index (χ4n) is 1.90. The van der Waals surface area contributed by atoms with Gasteiger partial charge in [-0.2, -0.15) is 0 Å². The third-order valence-corrected chi connectivity index (χ3v) is 2.84. The number of pyridine rings is 1. The number of aromatic amines is 1. The van der Waals surface area contributed by atoms with E-state index in [1.165, 1.54) is 0 Å². The zero-order valence-electron chi connectivity index (χ0n) is 10.1. The smallest absolute Gasteiger partial charge is 0.258 e. The van der Waals surface area contributed by atoms with E-state index in [4.69, 9.17) is 10.5 Å². The molecule has 4 nitrogen and oxygen atoms in total. The number of benzene rings is 2. The number of nitrogen functional groups attached to an aromatic ring is 1. The van der Waals surface area contributed by atoms with Crippen molar-refractivity contribution in [3.8, 4) is 11.6 Å². The van der Waals surface area contributed by atoms with E-state index in [9.17, 15) is 4.79 Å². The molecule has 2 aromatic carbocycles. The van der Waals surface area contributed by atoms with E-state index in [2.05, 4.69) is 4.98 Å². The Bertz CT molecular complexity index is 776. The van der Waals surface area contributed by atoms with Crippen LogP contribution in [0, 0.1) is 0 Å². The van der Waals surface area contributed by atoms with Gasteiger partial charge in [0.2, 0.25) is 5.88 Å². The van der Waals surface area contributed by atoms with Crippen molar-refractivity contribution in [1.82, 2.24) is 4.98 Å². The highest BCUT2D eigenvalue weighted by Crippen LogP contribution is 2.22. The van der Waals surface area contributed by atoms with Gasteiger partial charge in [0.05, 0.1) is 0 Å². The molecule has 3 rings (SSSR count). The lowest BCUT2D eigenvalue weighted by molar-refractivity contribution is 0.462. The van der Waals surface area contributed by atoms with Crippen LogP contribution in [0.3, 0.4) is 0 Å². The highest BCUT2D eigenvalue weighted by atomic mass is 16.5. The number of rotatable bonds is 2. The number of anilines is 1. The van der Waals surface area contributed by atoms with Crippen LogP contribution in [0.5, 0.6) is 11.6 Å². The Balaban J connectivity index is 2.01. The topological polar surface area (TPSA) is 68.1 Å². The van der Waals surface area contributed by atoms with Crippen molar-refractivity contribution in [2.75, 3.05) is 5.73 Å². The Hall–Kier alpha value is -2.75. The van der Waals surface area contributed by atoms with Gasteiger partial charge in [0, 0.05) is 17.1 Å². The summed E-state index contributed by atoms with van der Waals surface area (Å²) in [6, 6.07) is 16.2. The minimum atomic E-state index is -0.163. The molecule has 3 aromatic rings. The van der Waals surface area contributed by atoms with Crippen molar-refractivity contribution in [2.24, 2.45) is 0 Å². The maximum atomic E-state index is 11.9. The van der Waals surface area contributed by atoms with Gasteiger partial charge in [-0.25, -0.2) is 0 Å². The second-order valence-corrected chi connectivity index (χ2v) is 4.22. The van der Waals surface area contributed by atoms with Gasteiger partial charge in [-0.3, -0.25) is 9.78 Å². The lowest BCUT2D eigenvalue weighted by atomic mass is 10.2. The van der Waals surface area contributed by atoms with Crippen LogP contribution in [0.15, 0.2) is 59.4 Å². The van der Waals surface area contributed by atoms with Crippen molar-refractivity contribution in [3.05, 3.63) is 65.0 Å². The molecule has 0 atom stereocenters. The van der Waals surface area contributed by atoms with Gasteiger partial charge in [0.25, 0.3) is 5.56 Å². The molecule has 3 N–H and O–H groups in total. The van der Waals surface area contributed by atoms with Crippen LogP contribution >= 0.6 is 0 Å². The molecule has 0 spiro atoms. The van der Waals surface area contributed by atoms with E-state index in [0.717, 1.165) is 5.39 Å². The molecule has 0 fully saturated rings. The third-order valence-electron chi connectivity index (χ3n) is 2.84. The minimum Gasteiger partial charge on any atom is -0.441 e. The lowest BCUT2D eigenvalue weighted by Crippen LogP contribution is -2.06. The quantitative estimate of drug-likeness (QED) is 0.689. The second kappa shape index (κ2) is 4.49. The first-order valence-corrected chi connectivity index (χ1v) is 5.88. The first-order valence-electron chi connectivity index (χ1n) is 5.88. The zero-order valence-corrected chi connectivity index (χ0v) is 10.1. The Morgan fingerprint density at radius 1 is 1.00 bits per heavy atom. The van der Waals surface area contributed by atoms with Crippen LogP contribution in [-0.4, -0.2) is 4.98 Å². The Labute approximate surface area is 109 Å². The summed E-state index contributed by atoms with van der Waals surface area (Å²) in [7, 11) is 0. The molecule has 0 aliphatic rings. The number of nitrogens with two attached hydrogens (primary N) is 1. The average Bonchev–Trinajstić information content (AvgIpc) is 2.42. The fraction of sp³-hybridized carbons (Fsp3) is 0. The van der Waals surface area contributed by atoms with Gasteiger partial charge in [-0.05, 0) is 35.7 Å². The largest absolute Gasteiger partial charge is 0.441 e. The van der Waals surface area contributed by atoms with Crippen LogP contribution < -0.4 is 16.0 Å². The molecule has 4 heteroatoms. The van der Waals surface area contributed by atoms with Crippen LogP contribution in [0.1, 0.15) is 0 Å². The van der Waals surface area contributed by atoms with Gasteiger partial charge >= 0.3 is 0 Å². The summed E-state index contributed by atoms with van der Waals surface area (Å²) >= 11 is 0. The number of ether oxygens (including phenoxy) is 1. The molecule has 0 aliphatic heterocycles. The number of hydrogen-bond acceptors (Lipinski definition) is 3. The summed E-state index contributed by atoms with van der Waals surface area (Å²) in [6.45, 7) is 0. The predicted molar refractivity (Wildman–Crippen MR) is 75.5 cm³/mol. The maximum Gasteiger partial charge on any atom is 0.258 e. The third kappa shape index (κ3) is 2.28. The first kappa shape index (κ1) is 11.3. The van der Waals surface area contributed by atoms with Gasteiger partial charge in [-0.15, -0.1) is 0 Å². The summed E-state index contributed by atoms with van der Waals surface area (Å²) in [5, 5.41) is 1.49. The molecule has 0 radical (unpaired) electrons. The van der Waals surface area contributed by atoms with E-state index in [-0.39, 0.29) is 5.56 Å². The summed E-state index contributed by atoms with van der Waals surface area (Å²) in [5.74, 6) is 1.04. The Morgan fingerprint density at radius 3 is 2.53 bits per heavy atom. The summed E-state index contributed by atoms with van der Waals surface area (Å²) in [4.78, 5) is 14.6. The number of H-pyrrole nitrogens is 1. The van der Waals surface area contributed by atoms with E-state index < -0.39 is 0 Å². The highest BCUT2D eigenvalue weighted by molar-refractivity contribution is 5.82. The Morgan fingerprint density at radius 2 is 1.74 bits per heavy atom. The van der Waals surface area contributed by atoms with Gasteiger partial charge in [0.1, 0.15) is 5.75 Å². The molecule has 1 aromatic heterocycles. The number of aromatic nitrogens is 1. The van der Waals surface area contributed by atoms with E-state index in [1.54, 1.807) is 36.4 Å². The van der Waals surface area contributed by atoms with Crippen LogP contribution in [0.25, 0.3) is 10.8 Å². The minimum absolute atomic E-state index is 0.163. The normalized spacial score (nSPS) is 10.5. The molecule has 0 aliphatic carbocycles. The first-order chi connectivity index (χ1) is 9.22. The van der Waals surface area contributed by atoms with E-state index in [1.807, 2.05) is 18.2 Å². The molecule has 0 unspecified atom stereocenters. The maximum absolute atomic E-state index is 11.9. The molecule has 1 heterocycles. The molecule has 94 valence electrons. The SMILES string of the molecule is Nc1ccc(Oc2cc3ccccc3c(=O)[nH]2)cc1. The van der Waals surface area contributed by atoms with Gasteiger partial charge in [-0.1, -0.05) is 18.2 Å². The van der Waals surface area contributed by atoms with Crippen molar-refractivity contribution in [1.29, 1.82) is 0 Å². The summed E-state index contributed by atoms with van der Waals surface area (Å²) in [5.41, 5.74) is 6.11. The molecule has 19 heavy (non-hydrogen) atoms. The molecule has 0 amide bonds.